The van der Waals surface area contributed by atoms with Crippen LogP contribution >= 0.6 is 11.8 Å². The van der Waals surface area contributed by atoms with Crippen molar-refractivity contribution in [3.63, 3.8) is 0 Å². The lowest BCUT2D eigenvalue weighted by Crippen LogP contribution is -1.92. The van der Waals surface area contributed by atoms with Crippen molar-refractivity contribution in [1.82, 2.24) is 4.98 Å². The summed E-state index contributed by atoms with van der Waals surface area (Å²) in [6.07, 6.45) is 5.18. The van der Waals surface area contributed by atoms with Gasteiger partial charge in [0.25, 0.3) is 0 Å². The van der Waals surface area contributed by atoms with E-state index in [1.165, 1.54) is 41.4 Å². The second-order valence-electron chi connectivity index (χ2n) is 5.72. The normalized spacial score (nSPS) is 11.2. The van der Waals surface area contributed by atoms with Gasteiger partial charge < -0.3 is 4.74 Å². The van der Waals surface area contributed by atoms with Gasteiger partial charge in [-0.2, -0.15) is 0 Å². The number of hydrogen-bond donors (Lipinski definition) is 0. The SMILES string of the molecule is CCCCCCSc1c2ccccc2nc2c(OC)cccc12. The number of para-hydroxylation sites is 2. The summed E-state index contributed by atoms with van der Waals surface area (Å²) in [5.74, 6) is 2.00. The Morgan fingerprint density at radius 3 is 2.61 bits per heavy atom. The fourth-order valence-electron chi connectivity index (χ4n) is 2.87. The third-order valence-electron chi connectivity index (χ3n) is 4.09. The Hall–Kier alpha value is -1.74. The van der Waals surface area contributed by atoms with E-state index < -0.39 is 0 Å². The summed E-state index contributed by atoms with van der Waals surface area (Å²) in [6, 6.07) is 14.6. The van der Waals surface area contributed by atoms with Gasteiger partial charge in [-0.05, 0) is 24.3 Å². The number of nitrogens with zero attached hydrogens (tertiary/aromatic N) is 1. The number of pyridine rings is 1. The molecular formula is C20H23NOS. The first-order chi connectivity index (χ1) is 11.3. The molecule has 0 spiro atoms. The lowest BCUT2D eigenvalue weighted by Gasteiger charge is -2.12. The number of unbranched alkanes of at least 4 members (excludes halogenated alkanes) is 3. The van der Waals surface area contributed by atoms with Gasteiger partial charge in [0.05, 0.1) is 12.6 Å². The molecule has 0 aliphatic carbocycles. The van der Waals surface area contributed by atoms with E-state index in [1.54, 1.807) is 7.11 Å². The van der Waals surface area contributed by atoms with Crippen molar-refractivity contribution in [3.8, 4) is 5.75 Å². The zero-order valence-electron chi connectivity index (χ0n) is 13.8. The molecule has 0 amide bonds. The van der Waals surface area contributed by atoms with E-state index in [-0.39, 0.29) is 0 Å². The Labute approximate surface area is 142 Å². The molecule has 2 aromatic carbocycles. The number of benzene rings is 2. The minimum absolute atomic E-state index is 0.848. The molecule has 0 saturated carbocycles. The molecule has 0 unspecified atom stereocenters. The van der Waals surface area contributed by atoms with Gasteiger partial charge in [0.2, 0.25) is 0 Å². The fraction of sp³-hybridized carbons (Fsp3) is 0.350. The summed E-state index contributed by atoms with van der Waals surface area (Å²) in [4.78, 5) is 6.16. The Morgan fingerprint density at radius 1 is 0.957 bits per heavy atom. The molecular weight excluding hydrogens is 302 g/mol. The Bertz CT molecular complexity index is 800. The van der Waals surface area contributed by atoms with Gasteiger partial charge in [0.15, 0.2) is 0 Å². The Kier molecular flexibility index (Phi) is 5.39. The van der Waals surface area contributed by atoms with Crippen LogP contribution in [0.4, 0.5) is 0 Å². The van der Waals surface area contributed by atoms with E-state index in [0.29, 0.717) is 0 Å². The predicted octanol–water partition coefficient (Wildman–Crippen LogP) is 6.07. The van der Waals surface area contributed by atoms with Crippen molar-refractivity contribution < 1.29 is 4.74 Å². The molecule has 2 nitrogen and oxygen atoms in total. The van der Waals surface area contributed by atoms with E-state index in [0.717, 1.165) is 22.5 Å². The average Bonchev–Trinajstić information content (AvgIpc) is 2.60. The average molecular weight is 325 g/mol. The van der Waals surface area contributed by atoms with Crippen LogP contribution in [0, 0.1) is 0 Å². The highest BCUT2D eigenvalue weighted by Crippen LogP contribution is 2.37. The molecule has 0 radical (unpaired) electrons. The second-order valence-corrected chi connectivity index (χ2v) is 6.83. The molecule has 3 heteroatoms. The van der Waals surface area contributed by atoms with E-state index >= 15 is 0 Å². The van der Waals surface area contributed by atoms with Crippen molar-refractivity contribution >= 4 is 33.6 Å². The summed E-state index contributed by atoms with van der Waals surface area (Å²) < 4.78 is 5.52. The maximum absolute atomic E-state index is 5.52. The molecule has 0 atom stereocenters. The largest absolute Gasteiger partial charge is 0.494 e. The van der Waals surface area contributed by atoms with Gasteiger partial charge >= 0.3 is 0 Å². The number of fused-ring (bicyclic) bond motifs is 2. The van der Waals surface area contributed by atoms with Crippen molar-refractivity contribution in [3.05, 3.63) is 42.5 Å². The summed E-state index contributed by atoms with van der Waals surface area (Å²) in [5, 5.41) is 2.44. The quantitative estimate of drug-likeness (QED) is 0.299. The van der Waals surface area contributed by atoms with Gasteiger partial charge in [-0.25, -0.2) is 4.98 Å². The summed E-state index contributed by atoms with van der Waals surface area (Å²) in [7, 11) is 1.71. The Balaban J connectivity index is 2.04. The van der Waals surface area contributed by atoms with Crippen LogP contribution < -0.4 is 4.74 Å². The Morgan fingerprint density at radius 2 is 1.78 bits per heavy atom. The summed E-state index contributed by atoms with van der Waals surface area (Å²) in [5.41, 5.74) is 2.00. The first-order valence-corrected chi connectivity index (χ1v) is 9.32. The highest BCUT2D eigenvalue weighted by Gasteiger charge is 2.12. The van der Waals surface area contributed by atoms with Crippen LogP contribution in [0.1, 0.15) is 32.6 Å². The number of methoxy groups -OCH3 is 1. The monoisotopic (exact) mass is 325 g/mol. The smallest absolute Gasteiger partial charge is 0.145 e. The molecule has 0 fully saturated rings. The van der Waals surface area contributed by atoms with Crippen LogP contribution in [0.2, 0.25) is 0 Å². The first-order valence-electron chi connectivity index (χ1n) is 8.33. The molecule has 0 bridgehead atoms. The minimum atomic E-state index is 0.848. The van der Waals surface area contributed by atoms with Crippen molar-refractivity contribution in [2.24, 2.45) is 0 Å². The lowest BCUT2D eigenvalue weighted by atomic mass is 10.1. The van der Waals surface area contributed by atoms with Crippen LogP contribution in [0.15, 0.2) is 47.4 Å². The van der Waals surface area contributed by atoms with Crippen molar-refractivity contribution in [2.45, 2.75) is 37.5 Å². The molecule has 0 aliphatic rings. The van der Waals surface area contributed by atoms with Crippen molar-refractivity contribution in [1.29, 1.82) is 0 Å². The standard InChI is InChI=1S/C20H23NOS/c1-3-4-5-8-14-23-20-15-10-6-7-12-17(15)21-19-16(20)11-9-13-18(19)22-2/h6-7,9-13H,3-5,8,14H2,1-2H3. The topological polar surface area (TPSA) is 22.1 Å². The highest BCUT2D eigenvalue weighted by molar-refractivity contribution is 7.99. The number of rotatable bonds is 7. The minimum Gasteiger partial charge on any atom is -0.494 e. The van der Waals surface area contributed by atoms with E-state index in [9.17, 15) is 0 Å². The van der Waals surface area contributed by atoms with Crippen LogP contribution in [0.5, 0.6) is 5.75 Å². The summed E-state index contributed by atoms with van der Waals surface area (Å²) in [6.45, 7) is 2.25. The third-order valence-corrected chi connectivity index (χ3v) is 5.31. The molecule has 3 aromatic rings. The molecule has 120 valence electrons. The highest BCUT2D eigenvalue weighted by atomic mass is 32.2. The maximum Gasteiger partial charge on any atom is 0.145 e. The van der Waals surface area contributed by atoms with Crippen molar-refractivity contribution in [2.75, 3.05) is 12.9 Å². The van der Waals surface area contributed by atoms with Gasteiger partial charge in [-0.15, -0.1) is 11.8 Å². The van der Waals surface area contributed by atoms with Gasteiger partial charge in [-0.3, -0.25) is 0 Å². The van der Waals surface area contributed by atoms with Crippen LogP contribution in [0.3, 0.4) is 0 Å². The second kappa shape index (κ2) is 7.69. The molecule has 1 heterocycles. The van der Waals surface area contributed by atoms with Gasteiger partial charge in [0.1, 0.15) is 11.3 Å². The van der Waals surface area contributed by atoms with Crippen LogP contribution in [0.25, 0.3) is 21.8 Å². The van der Waals surface area contributed by atoms with E-state index in [1.807, 2.05) is 23.9 Å². The molecule has 1 aromatic heterocycles. The van der Waals surface area contributed by atoms with Gasteiger partial charge in [0, 0.05) is 15.7 Å². The molecule has 0 saturated heterocycles. The molecule has 3 rings (SSSR count). The lowest BCUT2D eigenvalue weighted by molar-refractivity contribution is 0.419. The van der Waals surface area contributed by atoms with Gasteiger partial charge in [-0.1, -0.05) is 56.5 Å². The number of aromatic nitrogens is 1. The third kappa shape index (κ3) is 3.45. The fourth-order valence-corrected chi connectivity index (χ4v) is 4.07. The number of hydrogen-bond acceptors (Lipinski definition) is 3. The predicted molar refractivity (Wildman–Crippen MR) is 101 cm³/mol. The zero-order chi connectivity index (χ0) is 16.1. The number of ether oxygens (including phenoxy) is 1. The van der Waals surface area contributed by atoms with Crippen LogP contribution in [-0.2, 0) is 0 Å². The number of thioether (sulfide) groups is 1. The van der Waals surface area contributed by atoms with Crippen LogP contribution in [-0.4, -0.2) is 17.8 Å². The molecule has 0 N–H and O–H groups in total. The summed E-state index contributed by atoms with van der Waals surface area (Å²) >= 11 is 1.95. The zero-order valence-corrected chi connectivity index (χ0v) is 14.7. The molecule has 23 heavy (non-hydrogen) atoms. The molecule has 0 aliphatic heterocycles. The maximum atomic E-state index is 5.52. The van der Waals surface area contributed by atoms with E-state index in [4.69, 9.17) is 9.72 Å². The van der Waals surface area contributed by atoms with E-state index in [2.05, 4.69) is 37.3 Å². The first kappa shape index (κ1) is 16.1.